The Kier molecular flexibility index (Phi) is 37.2. The lowest BCUT2D eigenvalue weighted by atomic mass is 10.1. The molecular formula is C31H68NP. The van der Waals surface area contributed by atoms with Gasteiger partial charge in [0.15, 0.2) is 0 Å². The Labute approximate surface area is 214 Å². The van der Waals surface area contributed by atoms with E-state index >= 15 is 0 Å². The van der Waals surface area contributed by atoms with Crippen molar-refractivity contribution in [2.24, 2.45) is 5.73 Å². The number of hydrogen-bond acceptors (Lipinski definition) is 1. The third-order valence-electron chi connectivity index (χ3n) is 6.79. The van der Waals surface area contributed by atoms with E-state index in [1.165, 1.54) is 148 Å². The zero-order valence-electron chi connectivity index (χ0n) is 24.1. The quantitative estimate of drug-likeness (QED) is 0.0956. The Morgan fingerprint density at radius 1 is 0.333 bits per heavy atom. The molecule has 0 spiro atoms. The molecule has 0 aromatic rings. The van der Waals surface area contributed by atoms with Gasteiger partial charge in [-0.05, 0) is 50.7 Å². The normalized spacial score (nSPS) is 11.1. The Bertz CT molecular complexity index is 263. The van der Waals surface area contributed by atoms with Crippen LogP contribution in [-0.2, 0) is 0 Å². The molecule has 0 radical (unpaired) electrons. The van der Waals surface area contributed by atoms with Crippen molar-refractivity contribution in [2.75, 3.05) is 25.0 Å². The van der Waals surface area contributed by atoms with Crippen molar-refractivity contribution in [3.63, 3.8) is 0 Å². The Balaban J connectivity index is 0. The van der Waals surface area contributed by atoms with Gasteiger partial charge >= 0.3 is 0 Å². The highest BCUT2D eigenvalue weighted by atomic mass is 31.1. The van der Waals surface area contributed by atoms with Crippen LogP contribution in [0.2, 0.25) is 0 Å². The highest BCUT2D eigenvalue weighted by Gasteiger charge is 2.07. The summed E-state index contributed by atoms with van der Waals surface area (Å²) in [6.07, 6.45) is 37.8. The summed E-state index contributed by atoms with van der Waals surface area (Å²) < 4.78 is 0. The van der Waals surface area contributed by atoms with E-state index in [4.69, 9.17) is 5.73 Å². The second-order valence-corrected chi connectivity index (χ2v) is 13.0. The van der Waals surface area contributed by atoms with Crippen molar-refractivity contribution in [3.8, 4) is 0 Å². The Morgan fingerprint density at radius 2 is 0.576 bits per heavy atom. The van der Waals surface area contributed by atoms with E-state index in [0.717, 1.165) is 6.54 Å². The van der Waals surface area contributed by atoms with Crippen LogP contribution in [0.25, 0.3) is 0 Å². The molecule has 33 heavy (non-hydrogen) atoms. The van der Waals surface area contributed by atoms with Crippen molar-refractivity contribution >= 4 is 7.92 Å². The minimum absolute atomic E-state index is 0.366. The predicted molar refractivity (Wildman–Crippen MR) is 159 cm³/mol. The van der Waals surface area contributed by atoms with Gasteiger partial charge in [-0.15, -0.1) is 7.92 Å². The van der Waals surface area contributed by atoms with E-state index in [9.17, 15) is 0 Å². The Hall–Kier alpha value is 0.390. The summed E-state index contributed by atoms with van der Waals surface area (Å²) in [5.41, 5.74) is 5.31. The SMILES string of the molecule is CCCCCCCCP(CCCCCCCC)CCCCCCCC.CCCCCCCN. The molecule has 0 bridgehead atoms. The van der Waals surface area contributed by atoms with Gasteiger partial charge in [-0.25, -0.2) is 0 Å². The Morgan fingerprint density at radius 3 is 0.848 bits per heavy atom. The lowest BCUT2D eigenvalue weighted by molar-refractivity contribution is 0.617. The van der Waals surface area contributed by atoms with Gasteiger partial charge in [-0.1, -0.05) is 150 Å². The van der Waals surface area contributed by atoms with Gasteiger partial charge in [0, 0.05) is 0 Å². The molecule has 1 nitrogen and oxygen atoms in total. The number of nitrogens with two attached hydrogens (primary N) is 1. The average Bonchev–Trinajstić information content (AvgIpc) is 2.83. The van der Waals surface area contributed by atoms with Crippen molar-refractivity contribution in [2.45, 2.75) is 175 Å². The van der Waals surface area contributed by atoms with Gasteiger partial charge in [0.2, 0.25) is 0 Å². The van der Waals surface area contributed by atoms with Crippen LogP contribution in [-0.4, -0.2) is 25.0 Å². The first-order valence-electron chi connectivity index (χ1n) is 15.7. The molecule has 0 amide bonds. The number of hydrogen-bond donors (Lipinski definition) is 1. The summed E-state index contributed by atoms with van der Waals surface area (Å²) in [5, 5.41) is 0. The van der Waals surface area contributed by atoms with E-state index in [1.54, 1.807) is 18.5 Å². The monoisotopic (exact) mass is 486 g/mol. The van der Waals surface area contributed by atoms with Crippen molar-refractivity contribution in [1.29, 1.82) is 0 Å². The zero-order valence-corrected chi connectivity index (χ0v) is 25.0. The second kappa shape index (κ2) is 34.6. The molecule has 0 saturated heterocycles. The van der Waals surface area contributed by atoms with Crippen molar-refractivity contribution in [1.82, 2.24) is 0 Å². The van der Waals surface area contributed by atoms with Gasteiger partial charge in [-0.2, -0.15) is 0 Å². The van der Waals surface area contributed by atoms with Gasteiger partial charge in [0.1, 0.15) is 0 Å². The van der Waals surface area contributed by atoms with E-state index < -0.39 is 0 Å². The lowest BCUT2D eigenvalue weighted by Crippen LogP contribution is -1.97. The maximum absolute atomic E-state index is 5.31. The van der Waals surface area contributed by atoms with Gasteiger partial charge < -0.3 is 5.73 Å². The van der Waals surface area contributed by atoms with E-state index in [0.29, 0.717) is 7.92 Å². The molecular weight excluding hydrogens is 417 g/mol. The first kappa shape index (κ1) is 35.6. The van der Waals surface area contributed by atoms with Crippen LogP contribution in [0.5, 0.6) is 0 Å². The minimum Gasteiger partial charge on any atom is -0.330 e. The second-order valence-electron chi connectivity index (χ2n) is 10.3. The molecule has 0 atom stereocenters. The molecule has 0 aliphatic rings. The summed E-state index contributed by atoms with van der Waals surface area (Å²) in [6, 6.07) is 0. The van der Waals surface area contributed by atoms with Gasteiger partial charge in [-0.3, -0.25) is 0 Å². The number of unbranched alkanes of at least 4 members (excludes halogenated alkanes) is 19. The molecule has 0 fully saturated rings. The van der Waals surface area contributed by atoms with E-state index in [-0.39, 0.29) is 0 Å². The molecule has 2 heteroatoms. The topological polar surface area (TPSA) is 26.0 Å². The highest BCUT2D eigenvalue weighted by Crippen LogP contribution is 2.39. The van der Waals surface area contributed by atoms with Crippen LogP contribution < -0.4 is 5.73 Å². The first-order valence-corrected chi connectivity index (χ1v) is 17.6. The molecule has 2 N–H and O–H groups in total. The van der Waals surface area contributed by atoms with E-state index in [2.05, 4.69) is 27.7 Å². The smallest absolute Gasteiger partial charge is 0.00773 e. The third-order valence-corrected chi connectivity index (χ3v) is 9.64. The molecule has 0 unspecified atom stereocenters. The highest BCUT2D eigenvalue weighted by molar-refractivity contribution is 7.57. The standard InChI is InChI=1S/C24H51P.C7H17N/c1-4-7-10-13-16-19-22-25(23-20-17-14-11-8-5-2)24-21-18-15-12-9-6-3;1-2-3-4-5-6-7-8/h4-24H2,1-3H3;2-8H2,1H3. The van der Waals surface area contributed by atoms with Crippen LogP contribution in [0, 0.1) is 0 Å². The maximum atomic E-state index is 5.31. The summed E-state index contributed by atoms with van der Waals surface area (Å²) in [7, 11) is 0.366. The fourth-order valence-electron chi connectivity index (χ4n) is 4.43. The summed E-state index contributed by atoms with van der Waals surface area (Å²) >= 11 is 0. The van der Waals surface area contributed by atoms with Crippen LogP contribution in [0.4, 0.5) is 0 Å². The molecule has 0 rings (SSSR count). The van der Waals surface area contributed by atoms with Crippen LogP contribution in [0.15, 0.2) is 0 Å². The molecule has 0 aromatic heterocycles. The van der Waals surface area contributed by atoms with Crippen LogP contribution in [0.1, 0.15) is 175 Å². The number of rotatable bonds is 26. The minimum atomic E-state index is 0.366. The molecule has 0 saturated carbocycles. The molecule has 0 aliphatic carbocycles. The molecule has 0 aromatic carbocycles. The third kappa shape index (κ3) is 34.6. The largest absolute Gasteiger partial charge is 0.330 e. The van der Waals surface area contributed by atoms with E-state index in [1.807, 2.05) is 0 Å². The van der Waals surface area contributed by atoms with Crippen molar-refractivity contribution < 1.29 is 0 Å². The summed E-state index contributed by atoms with van der Waals surface area (Å²) in [4.78, 5) is 0. The molecule has 202 valence electrons. The maximum Gasteiger partial charge on any atom is -0.00773 e. The lowest BCUT2D eigenvalue weighted by Gasteiger charge is -2.18. The first-order chi connectivity index (χ1) is 16.3. The van der Waals surface area contributed by atoms with Gasteiger partial charge in [0.25, 0.3) is 0 Å². The predicted octanol–water partition coefficient (Wildman–Crippen LogP) is 11.5. The average molecular weight is 486 g/mol. The molecule has 0 heterocycles. The van der Waals surface area contributed by atoms with Crippen molar-refractivity contribution in [3.05, 3.63) is 0 Å². The summed E-state index contributed by atoms with van der Waals surface area (Å²) in [6.45, 7) is 10.0. The summed E-state index contributed by atoms with van der Waals surface area (Å²) in [5.74, 6) is 0. The fourth-order valence-corrected chi connectivity index (χ4v) is 7.11. The fraction of sp³-hybridized carbons (Fsp3) is 1.00. The van der Waals surface area contributed by atoms with Gasteiger partial charge in [0.05, 0.1) is 0 Å². The van der Waals surface area contributed by atoms with Crippen LogP contribution >= 0.6 is 7.92 Å². The molecule has 0 aliphatic heterocycles. The zero-order chi connectivity index (χ0) is 24.7. The van der Waals surface area contributed by atoms with Crippen LogP contribution in [0.3, 0.4) is 0 Å².